The number of unbranched alkanes of at least 4 members (excludes halogenated alkanes) is 60. The number of hydrogen-bond acceptors (Lipinski definition) is 3. The molecule has 0 fully saturated rings. The Labute approximate surface area is 524 Å². The Morgan fingerprint density at radius 3 is 0.278 bits per heavy atom. The molecule has 0 aromatic carbocycles. The van der Waals surface area contributed by atoms with Crippen molar-refractivity contribution in [3.8, 4) is 0 Å². The van der Waals surface area contributed by atoms with Crippen molar-refractivity contribution in [3.05, 3.63) is 0 Å². The van der Waals surface area contributed by atoms with E-state index in [2.05, 4.69) is 68.9 Å². The summed E-state index contributed by atoms with van der Waals surface area (Å²) in [4.78, 5) is 22.5. The van der Waals surface area contributed by atoms with Gasteiger partial charge in [-0.1, -0.05) is 406 Å². The van der Waals surface area contributed by atoms with Gasteiger partial charge < -0.3 is 0 Å². The minimum absolute atomic E-state index is 0. The van der Waals surface area contributed by atoms with E-state index in [1.807, 2.05) is 0 Å². The minimum Gasteiger partial charge on any atom is -0.281 e. The molecule has 3 nitrogen and oxygen atoms in total. The molecule has 0 aromatic heterocycles. The second kappa shape index (κ2) is 107. The predicted molar refractivity (Wildman–Crippen MR) is 369 cm³/mol. The second-order valence-corrected chi connectivity index (χ2v) is 25.3. The second-order valence-electron chi connectivity index (χ2n) is 23.6. The first-order chi connectivity index (χ1) is 38.7. The molecule has 0 amide bonds. The standard InChI is InChI=1S/3C23H49P.3CO.W/c3*1-2-3-4-5-6-7-8-9-10-11-12-13-14-15-16-17-18-19-20-21-22-23-24;3*1-2;/h3*2-24H2,1H3;;;;. The fourth-order valence-corrected chi connectivity index (χ4v) is 11.6. The average molecular weight is 1340 g/mol. The molecule has 7 heteroatoms. The Kier molecular flexibility index (Phi) is 127. The van der Waals surface area contributed by atoms with Crippen LogP contribution in [0.2, 0.25) is 0 Å². The number of rotatable bonds is 63. The molecule has 79 heavy (non-hydrogen) atoms. The molecule has 474 valence electrons. The Bertz CT molecular complexity index is 712. The van der Waals surface area contributed by atoms with Gasteiger partial charge in [-0.15, -0.1) is 27.7 Å². The van der Waals surface area contributed by atoms with Crippen LogP contribution in [0, 0.1) is 0 Å². The van der Waals surface area contributed by atoms with E-state index in [1.54, 1.807) is 0 Å². The van der Waals surface area contributed by atoms with E-state index in [1.165, 1.54) is 423 Å². The van der Waals surface area contributed by atoms with Crippen LogP contribution < -0.4 is 0 Å². The van der Waals surface area contributed by atoms with Gasteiger partial charge in [0, 0.05) is 21.1 Å². The minimum atomic E-state index is 0. The third kappa shape index (κ3) is 114. The van der Waals surface area contributed by atoms with Gasteiger partial charge in [0.15, 0.2) is 0 Å². The van der Waals surface area contributed by atoms with Crippen molar-refractivity contribution in [2.75, 3.05) is 18.5 Å². The maximum absolute atomic E-state index is 7.50. The summed E-state index contributed by atoms with van der Waals surface area (Å²) in [5, 5.41) is 0. The molecule has 3 atom stereocenters. The van der Waals surface area contributed by atoms with Crippen LogP contribution in [0.3, 0.4) is 0 Å². The normalized spacial score (nSPS) is 10.4. The third-order valence-electron chi connectivity index (χ3n) is 15.9. The monoisotopic (exact) mass is 1340 g/mol. The molecular formula is C72H147O3P3W. The summed E-state index contributed by atoms with van der Waals surface area (Å²) in [6, 6.07) is 0. The molecule has 3 unspecified atom stereocenters. The van der Waals surface area contributed by atoms with Crippen molar-refractivity contribution in [2.45, 2.75) is 425 Å². The van der Waals surface area contributed by atoms with Gasteiger partial charge in [0.05, 0.1) is 0 Å². The smallest absolute Gasteiger partial charge is 0.281 e. The van der Waals surface area contributed by atoms with Crippen LogP contribution in [-0.4, -0.2) is 38.9 Å². The molecule has 0 aliphatic carbocycles. The van der Waals surface area contributed by atoms with E-state index < -0.39 is 0 Å². The fraction of sp³-hybridized carbons (Fsp3) is 0.958. The van der Waals surface area contributed by atoms with Gasteiger partial charge in [-0.3, -0.25) is 14.4 Å². The number of hydrogen-bond donors (Lipinski definition) is 0. The fourth-order valence-electron chi connectivity index (χ4n) is 10.7. The van der Waals surface area contributed by atoms with Gasteiger partial charge in [-0.05, 0) is 37.7 Å². The molecule has 0 rings (SSSR count). The van der Waals surface area contributed by atoms with E-state index in [0.717, 1.165) is 0 Å². The molecule has 0 N–H and O–H groups in total. The summed E-state index contributed by atoms with van der Waals surface area (Å²) in [5.74, 6) is 0. The SMILES string of the molecule is CCCCCCCCCCCCCCCCCCCCCCCP.CCCCCCCCCCCCCCCCCCCCCCCP.CCCCCCCCCCCCCCCCCCCCCCCP.[C]=O.[C]=O.[C]=O.[W]. The van der Waals surface area contributed by atoms with Crippen molar-refractivity contribution in [1.29, 1.82) is 0 Å². The van der Waals surface area contributed by atoms with Crippen LogP contribution in [-0.2, 0) is 35.4 Å². The van der Waals surface area contributed by atoms with E-state index >= 15 is 0 Å². The molecular weight excluding hydrogens is 1190 g/mol. The van der Waals surface area contributed by atoms with Crippen molar-refractivity contribution in [1.82, 2.24) is 0 Å². The molecule has 0 saturated carbocycles. The van der Waals surface area contributed by atoms with Crippen LogP contribution in [0.1, 0.15) is 425 Å². The van der Waals surface area contributed by atoms with Gasteiger partial charge in [0.2, 0.25) is 0 Å². The third-order valence-corrected chi connectivity index (χ3v) is 17.1. The van der Waals surface area contributed by atoms with Crippen molar-refractivity contribution < 1.29 is 35.4 Å². The van der Waals surface area contributed by atoms with Crippen LogP contribution >= 0.6 is 27.7 Å². The molecule has 0 spiro atoms. The Balaban J connectivity index is -0.000000186. The summed E-state index contributed by atoms with van der Waals surface area (Å²) in [6.07, 6.45) is 96.6. The largest absolute Gasteiger partial charge is 0.281 e. The summed E-state index contributed by atoms with van der Waals surface area (Å²) in [5.41, 5.74) is 0. The summed E-state index contributed by atoms with van der Waals surface area (Å²) < 4.78 is 0. The van der Waals surface area contributed by atoms with Gasteiger partial charge in [0.1, 0.15) is 0 Å². The zero-order valence-electron chi connectivity index (χ0n) is 54.5. The van der Waals surface area contributed by atoms with Gasteiger partial charge >= 0.3 is 0 Å². The summed E-state index contributed by atoms with van der Waals surface area (Å²) in [6.45, 7) is 20.4. The van der Waals surface area contributed by atoms with E-state index in [4.69, 9.17) is 14.4 Å². The first-order valence-corrected chi connectivity index (χ1v) is 37.9. The first-order valence-electron chi connectivity index (χ1n) is 35.5. The van der Waals surface area contributed by atoms with Gasteiger partial charge in [-0.25, -0.2) is 0 Å². The predicted octanol–water partition coefficient (Wildman–Crippen LogP) is 26.0. The molecule has 0 saturated heterocycles. The van der Waals surface area contributed by atoms with Crippen LogP contribution in [0.4, 0.5) is 0 Å². The van der Waals surface area contributed by atoms with Gasteiger partial charge in [-0.2, -0.15) is 0 Å². The maximum Gasteiger partial charge on any atom is 0.281 e. The maximum atomic E-state index is 7.50. The Morgan fingerprint density at radius 1 is 0.152 bits per heavy atom. The summed E-state index contributed by atoms with van der Waals surface area (Å²) in [7, 11) is 8.51. The molecule has 0 aromatic rings. The van der Waals surface area contributed by atoms with Crippen molar-refractivity contribution in [3.63, 3.8) is 0 Å². The van der Waals surface area contributed by atoms with Crippen molar-refractivity contribution in [2.24, 2.45) is 0 Å². The average Bonchev–Trinajstić information content (AvgIpc) is 3.47. The van der Waals surface area contributed by atoms with Crippen LogP contribution in [0.5, 0.6) is 0 Å². The molecule has 0 aliphatic rings. The zero-order valence-corrected chi connectivity index (χ0v) is 60.9. The quantitative estimate of drug-likeness (QED) is 0.0450. The molecule has 0 heterocycles. The first kappa shape index (κ1) is 93.7. The van der Waals surface area contributed by atoms with Crippen LogP contribution in [0.25, 0.3) is 0 Å². The van der Waals surface area contributed by atoms with E-state index in [0.29, 0.717) is 0 Å². The zero-order chi connectivity index (χ0) is 58.7. The summed E-state index contributed by atoms with van der Waals surface area (Å²) >= 11 is 0. The van der Waals surface area contributed by atoms with Crippen molar-refractivity contribution >= 4 is 48.1 Å². The topological polar surface area (TPSA) is 51.2 Å². The number of carbonyl (C=O) groups excluding carboxylic acids is 3. The Morgan fingerprint density at radius 2 is 0.215 bits per heavy atom. The Hall–Kier alpha value is 0.988. The molecule has 0 aliphatic heterocycles. The van der Waals surface area contributed by atoms with Gasteiger partial charge in [0.25, 0.3) is 20.4 Å². The van der Waals surface area contributed by atoms with E-state index in [9.17, 15) is 0 Å². The molecule has 6 radical (unpaired) electrons. The molecule has 0 bridgehead atoms. The van der Waals surface area contributed by atoms with Crippen LogP contribution in [0.15, 0.2) is 0 Å². The van der Waals surface area contributed by atoms with E-state index in [-0.39, 0.29) is 21.1 Å².